The molecule has 29 heavy (non-hydrogen) atoms. The first kappa shape index (κ1) is 19.5. The highest BCUT2D eigenvalue weighted by Crippen LogP contribution is 2.22. The van der Waals surface area contributed by atoms with Gasteiger partial charge in [-0.15, -0.1) is 0 Å². The summed E-state index contributed by atoms with van der Waals surface area (Å²) in [5, 5.41) is 0. The Labute approximate surface area is 172 Å². The molecular formula is C22H29N5O2. The van der Waals surface area contributed by atoms with E-state index in [1.165, 1.54) is 5.69 Å². The second kappa shape index (κ2) is 8.69. The fraction of sp³-hybridized carbons (Fsp3) is 0.455. The van der Waals surface area contributed by atoms with Gasteiger partial charge in [-0.2, -0.15) is 0 Å². The monoisotopic (exact) mass is 395 g/mol. The number of likely N-dealkylation sites (N-methyl/N-ethyl adjacent to an activating group) is 1. The van der Waals surface area contributed by atoms with Crippen LogP contribution in [0.2, 0.25) is 0 Å². The van der Waals surface area contributed by atoms with Gasteiger partial charge in [0.2, 0.25) is 0 Å². The summed E-state index contributed by atoms with van der Waals surface area (Å²) in [5.41, 5.74) is 1.94. The Morgan fingerprint density at radius 1 is 0.897 bits per heavy atom. The number of carbonyl (C=O) groups is 1. The standard InChI is InChI=1S/C22H29N5O2/c1-24-9-11-27(12-10-24)22(28)18-7-8-23-21(17-18)26-15-13-25(14-16-26)19-3-5-20(29-2)6-4-19/h3-8,17H,9-16H2,1-2H3. The van der Waals surface area contributed by atoms with Crippen molar-refractivity contribution in [3.8, 4) is 5.75 Å². The van der Waals surface area contributed by atoms with E-state index in [4.69, 9.17) is 4.74 Å². The van der Waals surface area contributed by atoms with E-state index in [9.17, 15) is 4.79 Å². The highest BCUT2D eigenvalue weighted by atomic mass is 16.5. The number of rotatable bonds is 4. The Balaban J connectivity index is 1.38. The molecule has 3 heterocycles. The van der Waals surface area contributed by atoms with Crippen LogP contribution in [0.4, 0.5) is 11.5 Å². The minimum absolute atomic E-state index is 0.110. The summed E-state index contributed by atoms with van der Waals surface area (Å²) < 4.78 is 5.24. The molecule has 1 amide bonds. The van der Waals surface area contributed by atoms with Gasteiger partial charge < -0.3 is 24.3 Å². The average molecular weight is 396 g/mol. The molecular weight excluding hydrogens is 366 g/mol. The van der Waals surface area contributed by atoms with Crippen molar-refractivity contribution >= 4 is 17.4 Å². The predicted octanol–water partition coefficient (Wildman–Crippen LogP) is 1.80. The third-order valence-electron chi connectivity index (χ3n) is 5.82. The van der Waals surface area contributed by atoms with Crippen LogP contribution in [0.5, 0.6) is 5.75 Å². The zero-order valence-electron chi connectivity index (χ0n) is 17.3. The maximum absolute atomic E-state index is 12.9. The molecule has 2 aliphatic rings. The number of pyridine rings is 1. The van der Waals surface area contributed by atoms with Gasteiger partial charge in [-0.05, 0) is 43.4 Å². The smallest absolute Gasteiger partial charge is 0.254 e. The maximum atomic E-state index is 12.9. The molecule has 2 aliphatic heterocycles. The molecule has 2 aromatic rings. The van der Waals surface area contributed by atoms with Crippen LogP contribution in [0.3, 0.4) is 0 Å². The summed E-state index contributed by atoms with van der Waals surface area (Å²) in [7, 11) is 3.78. The van der Waals surface area contributed by atoms with E-state index in [1.807, 2.05) is 29.2 Å². The Morgan fingerprint density at radius 3 is 2.21 bits per heavy atom. The summed E-state index contributed by atoms with van der Waals surface area (Å²) in [6.07, 6.45) is 1.76. The van der Waals surface area contributed by atoms with Crippen LogP contribution < -0.4 is 14.5 Å². The molecule has 1 aromatic heterocycles. The quantitative estimate of drug-likeness (QED) is 0.787. The van der Waals surface area contributed by atoms with Crippen LogP contribution in [-0.2, 0) is 0 Å². The molecule has 154 valence electrons. The molecule has 0 atom stereocenters. The molecule has 0 unspecified atom stereocenters. The molecule has 0 saturated carbocycles. The molecule has 0 bridgehead atoms. The number of piperazine rings is 2. The predicted molar refractivity (Wildman–Crippen MR) is 115 cm³/mol. The number of hydrogen-bond acceptors (Lipinski definition) is 6. The second-order valence-electron chi connectivity index (χ2n) is 7.67. The Bertz CT molecular complexity index is 825. The lowest BCUT2D eigenvalue weighted by Crippen LogP contribution is -2.47. The molecule has 7 heteroatoms. The first-order valence-electron chi connectivity index (χ1n) is 10.2. The van der Waals surface area contributed by atoms with Gasteiger partial charge in [0.05, 0.1) is 7.11 Å². The highest BCUT2D eigenvalue weighted by molar-refractivity contribution is 5.95. The van der Waals surface area contributed by atoms with Gasteiger partial charge in [0, 0.05) is 69.8 Å². The van der Waals surface area contributed by atoms with Crippen LogP contribution in [0, 0.1) is 0 Å². The van der Waals surface area contributed by atoms with Crippen molar-refractivity contribution in [2.75, 3.05) is 76.3 Å². The zero-order chi connectivity index (χ0) is 20.2. The zero-order valence-corrected chi connectivity index (χ0v) is 17.3. The molecule has 4 rings (SSSR count). The third-order valence-corrected chi connectivity index (χ3v) is 5.82. The molecule has 1 aromatic carbocycles. The van der Waals surface area contributed by atoms with Crippen molar-refractivity contribution in [1.29, 1.82) is 0 Å². The molecule has 2 fully saturated rings. The molecule has 2 saturated heterocycles. The lowest BCUT2D eigenvalue weighted by atomic mass is 10.2. The molecule has 7 nitrogen and oxygen atoms in total. The van der Waals surface area contributed by atoms with Gasteiger partial charge in [0.1, 0.15) is 11.6 Å². The fourth-order valence-electron chi connectivity index (χ4n) is 3.90. The van der Waals surface area contributed by atoms with Crippen molar-refractivity contribution in [2.45, 2.75) is 0 Å². The van der Waals surface area contributed by atoms with Crippen LogP contribution in [0.25, 0.3) is 0 Å². The maximum Gasteiger partial charge on any atom is 0.254 e. The van der Waals surface area contributed by atoms with Crippen molar-refractivity contribution < 1.29 is 9.53 Å². The lowest BCUT2D eigenvalue weighted by Gasteiger charge is -2.37. The van der Waals surface area contributed by atoms with Crippen LogP contribution in [0.15, 0.2) is 42.6 Å². The number of benzene rings is 1. The number of methoxy groups -OCH3 is 1. The number of aromatic nitrogens is 1. The van der Waals surface area contributed by atoms with E-state index >= 15 is 0 Å². The number of ether oxygens (including phenoxy) is 1. The third kappa shape index (κ3) is 4.45. The van der Waals surface area contributed by atoms with E-state index in [2.05, 4.69) is 38.9 Å². The van der Waals surface area contributed by atoms with E-state index in [0.717, 1.165) is 69.5 Å². The summed E-state index contributed by atoms with van der Waals surface area (Å²) in [6.45, 7) is 7.03. The minimum Gasteiger partial charge on any atom is -0.497 e. The topological polar surface area (TPSA) is 52.2 Å². The Morgan fingerprint density at radius 2 is 1.55 bits per heavy atom. The SMILES string of the molecule is COc1ccc(N2CCN(c3cc(C(=O)N4CCN(C)CC4)ccn3)CC2)cc1. The minimum atomic E-state index is 0.110. The summed E-state index contributed by atoms with van der Waals surface area (Å²) >= 11 is 0. The van der Waals surface area contributed by atoms with E-state index in [-0.39, 0.29) is 5.91 Å². The van der Waals surface area contributed by atoms with Gasteiger partial charge in [0.25, 0.3) is 5.91 Å². The summed E-state index contributed by atoms with van der Waals surface area (Å²) in [6, 6.07) is 12.0. The normalized spacial score (nSPS) is 18.1. The molecule has 0 radical (unpaired) electrons. The largest absolute Gasteiger partial charge is 0.497 e. The number of carbonyl (C=O) groups excluding carboxylic acids is 1. The number of hydrogen-bond donors (Lipinski definition) is 0. The van der Waals surface area contributed by atoms with Gasteiger partial charge in [-0.1, -0.05) is 0 Å². The van der Waals surface area contributed by atoms with E-state index in [1.54, 1.807) is 13.3 Å². The second-order valence-corrected chi connectivity index (χ2v) is 7.67. The number of amides is 1. The van der Waals surface area contributed by atoms with Crippen molar-refractivity contribution in [1.82, 2.24) is 14.8 Å². The Hall–Kier alpha value is -2.80. The number of nitrogens with zero attached hydrogens (tertiary/aromatic N) is 5. The van der Waals surface area contributed by atoms with Gasteiger partial charge in [-0.3, -0.25) is 4.79 Å². The average Bonchev–Trinajstić information content (AvgIpc) is 2.79. The number of anilines is 2. The molecule has 0 aliphatic carbocycles. The fourth-order valence-corrected chi connectivity index (χ4v) is 3.90. The summed E-state index contributed by atoms with van der Waals surface area (Å²) in [4.78, 5) is 26.2. The van der Waals surface area contributed by atoms with E-state index < -0.39 is 0 Å². The van der Waals surface area contributed by atoms with Gasteiger partial charge >= 0.3 is 0 Å². The molecule has 0 spiro atoms. The first-order valence-corrected chi connectivity index (χ1v) is 10.2. The first-order chi connectivity index (χ1) is 14.1. The van der Waals surface area contributed by atoms with Crippen molar-refractivity contribution in [3.63, 3.8) is 0 Å². The van der Waals surface area contributed by atoms with Crippen LogP contribution in [-0.4, -0.2) is 87.2 Å². The van der Waals surface area contributed by atoms with Crippen molar-refractivity contribution in [2.24, 2.45) is 0 Å². The lowest BCUT2D eigenvalue weighted by molar-refractivity contribution is 0.0664. The van der Waals surface area contributed by atoms with Crippen LogP contribution >= 0.6 is 0 Å². The van der Waals surface area contributed by atoms with Gasteiger partial charge in [-0.25, -0.2) is 4.98 Å². The molecule has 0 N–H and O–H groups in total. The van der Waals surface area contributed by atoms with Crippen LogP contribution in [0.1, 0.15) is 10.4 Å². The van der Waals surface area contributed by atoms with Gasteiger partial charge in [0.15, 0.2) is 0 Å². The summed E-state index contributed by atoms with van der Waals surface area (Å²) in [5.74, 6) is 1.87. The van der Waals surface area contributed by atoms with E-state index in [0.29, 0.717) is 0 Å². The highest BCUT2D eigenvalue weighted by Gasteiger charge is 2.23. The Kier molecular flexibility index (Phi) is 5.85. The van der Waals surface area contributed by atoms with Crippen molar-refractivity contribution in [3.05, 3.63) is 48.2 Å².